The Balaban J connectivity index is 1.45. The lowest BCUT2D eigenvalue weighted by atomic mass is 10.1. The summed E-state index contributed by atoms with van der Waals surface area (Å²) in [5, 5.41) is 0. The molecule has 0 spiro atoms. The maximum Gasteiger partial charge on any atom is 0.519 e. The van der Waals surface area contributed by atoms with Gasteiger partial charge in [-0.3, -0.25) is 4.79 Å². The quantitative estimate of drug-likeness (QED) is 0.0368. The molecule has 0 heterocycles. The van der Waals surface area contributed by atoms with Crippen molar-refractivity contribution in [2.24, 2.45) is 0 Å². The van der Waals surface area contributed by atoms with Crippen molar-refractivity contribution in [1.29, 1.82) is 0 Å². The summed E-state index contributed by atoms with van der Waals surface area (Å²) >= 11 is 0. The Kier molecular flexibility index (Phi) is 17.1. The first kappa shape index (κ1) is 41.5. The Labute approximate surface area is 300 Å². The molecular weight excluding hydrogens is 688 g/mol. The molecule has 0 saturated carbocycles. The van der Waals surface area contributed by atoms with Crippen molar-refractivity contribution >= 4 is 24.1 Å². The molecule has 0 fully saturated rings. The average molecular weight is 733 g/mol. The number of benzene rings is 3. The molecule has 0 aliphatic rings. The fourth-order valence-electron chi connectivity index (χ4n) is 4.99. The van der Waals surface area contributed by atoms with Gasteiger partial charge in [0.2, 0.25) is 0 Å². The van der Waals surface area contributed by atoms with Gasteiger partial charge >= 0.3 is 30.2 Å². The zero-order chi connectivity index (χ0) is 37.9. The molecule has 3 aromatic carbocycles. The van der Waals surface area contributed by atoms with Crippen molar-refractivity contribution in [3.8, 4) is 23.0 Å². The molecule has 9 nitrogen and oxygen atoms in total. The van der Waals surface area contributed by atoms with Crippen LogP contribution in [0, 0.1) is 5.82 Å². The molecule has 3 aromatic rings. The predicted molar refractivity (Wildman–Crippen MR) is 183 cm³/mol. The molecule has 52 heavy (non-hydrogen) atoms. The van der Waals surface area contributed by atoms with Crippen LogP contribution >= 0.6 is 0 Å². The van der Waals surface area contributed by atoms with Crippen LogP contribution in [0.5, 0.6) is 23.0 Å². The fourth-order valence-corrected chi connectivity index (χ4v) is 4.99. The number of esters is 3. The van der Waals surface area contributed by atoms with E-state index in [9.17, 15) is 36.7 Å². The summed E-state index contributed by atoms with van der Waals surface area (Å²) < 4.78 is 80.1. The van der Waals surface area contributed by atoms with Crippen LogP contribution in [-0.2, 0) is 9.53 Å². The van der Waals surface area contributed by atoms with E-state index in [1.165, 1.54) is 74.2 Å². The highest BCUT2D eigenvalue weighted by Gasteiger charge is 2.42. The standard InChI is InChI=1S/C39H44F4O9/c1-3-5-7-9-10-11-13-15-35(44)48-28-20-22-30(23-21-28)51-38(47)50-29-18-16-27(17-19-29)36(45)49-31-24-25-32(33(40)26-31)37(46)52-34(39(41,42)43)14-12-8-6-4-2/h16-26,34H,3-15H2,1-2H3. The normalized spacial score (nSPS) is 11.7. The molecule has 1 unspecified atom stereocenters. The molecule has 0 saturated heterocycles. The van der Waals surface area contributed by atoms with Crippen LogP contribution in [0.15, 0.2) is 66.7 Å². The minimum absolute atomic E-state index is 0.0159. The highest BCUT2D eigenvalue weighted by Crippen LogP contribution is 2.29. The van der Waals surface area contributed by atoms with Crippen molar-refractivity contribution in [2.45, 2.75) is 110 Å². The third-order valence-electron chi connectivity index (χ3n) is 7.84. The Morgan fingerprint density at radius 1 is 0.596 bits per heavy atom. The van der Waals surface area contributed by atoms with Crippen molar-refractivity contribution < 1.29 is 60.4 Å². The molecule has 0 bridgehead atoms. The Morgan fingerprint density at radius 2 is 1.10 bits per heavy atom. The lowest BCUT2D eigenvalue weighted by Gasteiger charge is -2.21. The van der Waals surface area contributed by atoms with Gasteiger partial charge in [0, 0.05) is 12.5 Å². The van der Waals surface area contributed by atoms with Gasteiger partial charge < -0.3 is 23.7 Å². The van der Waals surface area contributed by atoms with Crippen LogP contribution in [0.1, 0.15) is 118 Å². The number of ether oxygens (including phenoxy) is 5. The number of carbonyl (C=O) groups excluding carboxylic acids is 4. The molecule has 3 rings (SSSR count). The maximum absolute atomic E-state index is 14.7. The number of carbonyl (C=O) groups is 4. The van der Waals surface area contributed by atoms with Gasteiger partial charge in [0.25, 0.3) is 0 Å². The van der Waals surface area contributed by atoms with E-state index in [-0.39, 0.29) is 35.2 Å². The molecule has 0 amide bonds. The van der Waals surface area contributed by atoms with E-state index in [2.05, 4.69) is 11.7 Å². The fraction of sp³-hybridized carbons (Fsp3) is 0.436. The number of rotatable bonds is 20. The van der Waals surface area contributed by atoms with Crippen LogP contribution in [0.4, 0.5) is 22.4 Å². The monoisotopic (exact) mass is 732 g/mol. The van der Waals surface area contributed by atoms with E-state index in [0.717, 1.165) is 44.2 Å². The highest BCUT2D eigenvalue weighted by atomic mass is 19.4. The smallest absolute Gasteiger partial charge is 0.449 e. The van der Waals surface area contributed by atoms with E-state index >= 15 is 0 Å². The average Bonchev–Trinajstić information content (AvgIpc) is 3.10. The van der Waals surface area contributed by atoms with Gasteiger partial charge in [-0.25, -0.2) is 18.8 Å². The van der Waals surface area contributed by atoms with Gasteiger partial charge in [-0.2, -0.15) is 13.2 Å². The molecule has 0 aliphatic heterocycles. The van der Waals surface area contributed by atoms with E-state index in [4.69, 9.17) is 18.9 Å². The lowest BCUT2D eigenvalue weighted by molar-refractivity contribution is -0.206. The first-order valence-electron chi connectivity index (χ1n) is 17.5. The van der Waals surface area contributed by atoms with Crippen molar-refractivity contribution in [1.82, 2.24) is 0 Å². The summed E-state index contributed by atoms with van der Waals surface area (Å²) in [4.78, 5) is 49.3. The summed E-state index contributed by atoms with van der Waals surface area (Å²) in [6.07, 6.45) is 1.48. The van der Waals surface area contributed by atoms with Gasteiger partial charge in [0.05, 0.1) is 11.1 Å². The molecule has 0 aliphatic carbocycles. The molecule has 13 heteroatoms. The first-order valence-corrected chi connectivity index (χ1v) is 17.5. The van der Waals surface area contributed by atoms with E-state index in [0.29, 0.717) is 24.7 Å². The van der Waals surface area contributed by atoms with Gasteiger partial charge in [-0.05, 0) is 79.9 Å². The number of hydrogen-bond donors (Lipinski definition) is 0. The molecule has 0 aromatic heterocycles. The second-order valence-corrected chi connectivity index (χ2v) is 12.1. The van der Waals surface area contributed by atoms with Gasteiger partial charge in [-0.15, -0.1) is 0 Å². The van der Waals surface area contributed by atoms with Crippen LogP contribution < -0.4 is 18.9 Å². The zero-order valence-electron chi connectivity index (χ0n) is 29.3. The molecule has 0 N–H and O–H groups in total. The SMILES string of the molecule is CCCCCCCCCC(=O)Oc1ccc(OC(=O)Oc2ccc(C(=O)Oc3ccc(C(=O)OC(CCCCCC)C(F)(F)F)c(F)c3)cc2)cc1. The van der Waals surface area contributed by atoms with E-state index in [1.807, 2.05) is 6.92 Å². The molecule has 282 valence electrons. The number of hydrogen-bond acceptors (Lipinski definition) is 9. The number of halogens is 4. The third kappa shape index (κ3) is 14.7. The first-order chi connectivity index (χ1) is 24.9. The second-order valence-electron chi connectivity index (χ2n) is 12.1. The summed E-state index contributed by atoms with van der Waals surface area (Å²) in [6.45, 7) is 4.07. The van der Waals surface area contributed by atoms with Crippen molar-refractivity contribution in [3.63, 3.8) is 0 Å². The largest absolute Gasteiger partial charge is 0.519 e. The summed E-state index contributed by atoms with van der Waals surface area (Å²) in [7, 11) is 0. The number of unbranched alkanes of at least 4 members (excludes halogenated alkanes) is 9. The third-order valence-corrected chi connectivity index (χ3v) is 7.84. The van der Waals surface area contributed by atoms with Gasteiger partial charge in [-0.1, -0.05) is 71.6 Å². The Bertz CT molecular complexity index is 1590. The van der Waals surface area contributed by atoms with Crippen LogP contribution in [0.3, 0.4) is 0 Å². The molecule has 0 radical (unpaired) electrons. The second kappa shape index (κ2) is 21.4. The Hall–Kier alpha value is -4.94. The Morgan fingerprint density at radius 3 is 1.65 bits per heavy atom. The highest BCUT2D eigenvalue weighted by molar-refractivity contribution is 5.92. The summed E-state index contributed by atoms with van der Waals surface area (Å²) in [5.41, 5.74) is -0.762. The van der Waals surface area contributed by atoms with Gasteiger partial charge in [0.15, 0.2) is 6.10 Å². The van der Waals surface area contributed by atoms with Gasteiger partial charge in [0.1, 0.15) is 28.8 Å². The molecule has 1 atom stereocenters. The lowest BCUT2D eigenvalue weighted by Crippen LogP contribution is -2.34. The zero-order valence-corrected chi connectivity index (χ0v) is 29.3. The van der Waals surface area contributed by atoms with E-state index in [1.54, 1.807) is 0 Å². The van der Waals surface area contributed by atoms with Crippen molar-refractivity contribution in [2.75, 3.05) is 0 Å². The summed E-state index contributed by atoms with van der Waals surface area (Å²) in [5.74, 6) is -3.86. The minimum Gasteiger partial charge on any atom is -0.449 e. The summed E-state index contributed by atoms with van der Waals surface area (Å²) in [6, 6.07) is 13.5. The van der Waals surface area contributed by atoms with Crippen LogP contribution in [0.25, 0.3) is 0 Å². The minimum atomic E-state index is -4.81. The van der Waals surface area contributed by atoms with Crippen LogP contribution in [-0.4, -0.2) is 36.3 Å². The van der Waals surface area contributed by atoms with Crippen LogP contribution in [0.2, 0.25) is 0 Å². The predicted octanol–water partition coefficient (Wildman–Crippen LogP) is 10.7. The van der Waals surface area contributed by atoms with Crippen molar-refractivity contribution in [3.05, 3.63) is 83.7 Å². The van der Waals surface area contributed by atoms with E-state index < -0.39 is 48.2 Å². The number of alkyl halides is 3. The maximum atomic E-state index is 14.7. The topological polar surface area (TPSA) is 114 Å². The molecular formula is C39H44F4O9.